The Balaban J connectivity index is 2.73. The Bertz CT molecular complexity index is 296. The highest BCUT2D eigenvalue weighted by molar-refractivity contribution is 7.08. The van der Waals surface area contributed by atoms with Gasteiger partial charge in [0.2, 0.25) is 0 Å². The van der Waals surface area contributed by atoms with E-state index in [9.17, 15) is 4.79 Å². The van der Waals surface area contributed by atoms with Crippen LogP contribution in [-0.2, 0) is 0 Å². The van der Waals surface area contributed by atoms with Gasteiger partial charge in [-0.05, 0) is 17.9 Å². The summed E-state index contributed by atoms with van der Waals surface area (Å²) in [7, 11) is 1.69. The monoisotopic (exact) mass is 199 g/mol. The average Bonchev–Trinajstić information content (AvgIpc) is 2.50. The van der Waals surface area contributed by atoms with Crippen LogP contribution in [0.1, 0.15) is 15.9 Å². The fraction of sp³-hybridized carbons (Fsp3) is 0.444. The third-order valence-corrected chi connectivity index (χ3v) is 2.73. The smallest absolute Gasteiger partial charge is 0.254 e. The summed E-state index contributed by atoms with van der Waals surface area (Å²) in [6.45, 7) is 2.30. The minimum Gasteiger partial charge on any atom is -0.395 e. The second kappa shape index (κ2) is 4.39. The van der Waals surface area contributed by atoms with Crippen LogP contribution >= 0.6 is 11.3 Å². The van der Waals surface area contributed by atoms with E-state index in [1.54, 1.807) is 7.05 Å². The van der Waals surface area contributed by atoms with E-state index in [1.165, 1.54) is 16.2 Å². The van der Waals surface area contributed by atoms with E-state index in [1.807, 2.05) is 17.7 Å². The average molecular weight is 199 g/mol. The van der Waals surface area contributed by atoms with Crippen LogP contribution < -0.4 is 0 Å². The van der Waals surface area contributed by atoms with E-state index in [2.05, 4.69) is 0 Å². The van der Waals surface area contributed by atoms with Crippen LogP contribution in [0.5, 0.6) is 0 Å². The zero-order valence-electron chi connectivity index (χ0n) is 7.78. The molecule has 0 aliphatic heterocycles. The largest absolute Gasteiger partial charge is 0.395 e. The first kappa shape index (κ1) is 10.2. The Morgan fingerprint density at radius 3 is 2.77 bits per heavy atom. The first-order valence-electron chi connectivity index (χ1n) is 4.06. The van der Waals surface area contributed by atoms with Crippen molar-refractivity contribution in [2.45, 2.75) is 6.92 Å². The molecule has 0 saturated carbocycles. The number of carbonyl (C=O) groups excluding carboxylic acids is 1. The lowest BCUT2D eigenvalue weighted by atomic mass is 10.2. The van der Waals surface area contributed by atoms with Gasteiger partial charge in [-0.1, -0.05) is 0 Å². The van der Waals surface area contributed by atoms with Crippen LogP contribution in [0.15, 0.2) is 10.8 Å². The maximum absolute atomic E-state index is 11.6. The van der Waals surface area contributed by atoms with Gasteiger partial charge in [-0.25, -0.2) is 0 Å². The Morgan fingerprint density at radius 1 is 1.62 bits per heavy atom. The first-order valence-corrected chi connectivity index (χ1v) is 5.00. The highest BCUT2D eigenvalue weighted by atomic mass is 32.1. The molecule has 1 N–H and O–H groups in total. The summed E-state index contributed by atoms with van der Waals surface area (Å²) in [6.07, 6.45) is 0. The number of rotatable bonds is 3. The van der Waals surface area contributed by atoms with Crippen LogP contribution in [0.2, 0.25) is 0 Å². The molecule has 0 aliphatic carbocycles. The molecular weight excluding hydrogens is 186 g/mol. The summed E-state index contributed by atoms with van der Waals surface area (Å²) >= 11 is 1.52. The summed E-state index contributed by atoms with van der Waals surface area (Å²) in [5.41, 5.74) is 1.74. The van der Waals surface area contributed by atoms with Crippen LogP contribution in [0.4, 0.5) is 0 Å². The molecule has 0 bridgehead atoms. The first-order chi connectivity index (χ1) is 6.16. The second-order valence-electron chi connectivity index (χ2n) is 2.92. The van der Waals surface area contributed by atoms with Crippen molar-refractivity contribution in [1.29, 1.82) is 0 Å². The maximum Gasteiger partial charge on any atom is 0.254 e. The predicted molar refractivity (Wildman–Crippen MR) is 53.1 cm³/mol. The van der Waals surface area contributed by atoms with Crippen molar-refractivity contribution in [3.05, 3.63) is 21.9 Å². The number of likely N-dealkylation sites (N-methyl/N-ethyl adjacent to an activating group) is 1. The molecule has 1 amide bonds. The Hall–Kier alpha value is -0.870. The van der Waals surface area contributed by atoms with Gasteiger partial charge in [0.05, 0.1) is 12.2 Å². The lowest BCUT2D eigenvalue weighted by Crippen LogP contribution is -2.29. The Morgan fingerprint density at radius 2 is 2.31 bits per heavy atom. The van der Waals surface area contributed by atoms with Crippen LogP contribution in [-0.4, -0.2) is 36.1 Å². The number of hydrogen-bond donors (Lipinski definition) is 1. The molecule has 1 aromatic heterocycles. The molecule has 0 atom stereocenters. The van der Waals surface area contributed by atoms with E-state index in [4.69, 9.17) is 5.11 Å². The van der Waals surface area contributed by atoms with Crippen LogP contribution in [0.3, 0.4) is 0 Å². The van der Waals surface area contributed by atoms with Gasteiger partial charge >= 0.3 is 0 Å². The summed E-state index contributed by atoms with van der Waals surface area (Å²) in [5.74, 6) is -0.0206. The van der Waals surface area contributed by atoms with Crippen molar-refractivity contribution >= 4 is 17.2 Å². The standard InChI is InChI=1S/C9H13NO2S/c1-7-5-13-6-8(7)9(12)10(2)3-4-11/h5-6,11H,3-4H2,1-2H3. The fourth-order valence-electron chi connectivity index (χ4n) is 1.04. The number of aliphatic hydroxyl groups excluding tert-OH is 1. The number of amides is 1. The van der Waals surface area contributed by atoms with Gasteiger partial charge < -0.3 is 10.0 Å². The molecule has 0 fully saturated rings. The zero-order chi connectivity index (χ0) is 9.84. The number of carbonyl (C=O) groups is 1. The van der Waals surface area contributed by atoms with Crippen molar-refractivity contribution in [1.82, 2.24) is 4.90 Å². The van der Waals surface area contributed by atoms with Crippen molar-refractivity contribution in [2.75, 3.05) is 20.2 Å². The number of nitrogens with zero attached hydrogens (tertiary/aromatic N) is 1. The third-order valence-electron chi connectivity index (χ3n) is 1.87. The predicted octanol–water partition coefficient (Wildman–Crippen LogP) is 1.12. The summed E-state index contributed by atoms with van der Waals surface area (Å²) < 4.78 is 0. The number of thiophene rings is 1. The number of aryl methyl sites for hydroxylation is 1. The molecule has 0 aliphatic rings. The van der Waals surface area contributed by atoms with Crippen LogP contribution in [0, 0.1) is 6.92 Å². The van der Waals surface area contributed by atoms with Gasteiger partial charge in [-0.3, -0.25) is 4.79 Å². The molecule has 0 saturated heterocycles. The molecule has 1 rings (SSSR count). The van der Waals surface area contributed by atoms with Crippen molar-refractivity contribution in [3.63, 3.8) is 0 Å². The summed E-state index contributed by atoms with van der Waals surface area (Å²) in [5, 5.41) is 12.4. The quantitative estimate of drug-likeness (QED) is 0.792. The highest BCUT2D eigenvalue weighted by Crippen LogP contribution is 2.15. The summed E-state index contributed by atoms with van der Waals surface area (Å²) in [6, 6.07) is 0. The van der Waals surface area contributed by atoms with Crippen LogP contribution in [0.25, 0.3) is 0 Å². The van der Waals surface area contributed by atoms with E-state index >= 15 is 0 Å². The normalized spacial score (nSPS) is 10.1. The van der Waals surface area contributed by atoms with E-state index < -0.39 is 0 Å². The van der Waals surface area contributed by atoms with Gasteiger partial charge in [-0.15, -0.1) is 0 Å². The Kier molecular flexibility index (Phi) is 3.45. The zero-order valence-corrected chi connectivity index (χ0v) is 8.60. The molecule has 72 valence electrons. The lowest BCUT2D eigenvalue weighted by molar-refractivity contribution is 0.0767. The topological polar surface area (TPSA) is 40.5 Å². The van der Waals surface area contributed by atoms with E-state index in [-0.39, 0.29) is 12.5 Å². The molecule has 13 heavy (non-hydrogen) atoms. The summed E-state index contributed by atoms with van der Waals surface area (Å²) in [4.78, 5) is 13.2. The second-order valence-corrected chi connectivity index (χ2v) is 3.66. The fourth-order valence-corrected chi connectivity index (χ4v) is 1.86. The molecular formula is C9H13NO2S. The molecule has 0 spiro atoms. The van der Waals surface area contributed by atoms with Gasteiger partial charge in [0.15, 0.2) is 0 Å². The molecule has 4 heteroatoms. The molecule has 3 nitrogen and oxygen atoms in total. The lowest BCUT2D eigenvalue weighted by Gasteiger charge is -2.15. The van der Waals surface area contributed by atoms with E-state index in [0.29, 0.717) is 6.54 Å². The van der Waals surface area contributed by atoms with Gasteiger partial charge in [0.1, 0.15) is 0 Å². The number of aliphatic hydroxyl groups is 1. The van der Waals surface area contributed by atoms with Crippen molar-refractivity contribution in [3.8, 4) is 0 Å². The third kappa shape index (κ3) is 2.29. The highest BCUT2D eigenvalue weighted by Gasteiger charge is 2.13. The molecule has 0 aromatic carbocycles. The number of hydrogen-bond acceptors (Lipinski definition) is 3. The minimum atomic E-state index is -0.0206. The maximum atomic E-state index is 11.6. The Labute approximate surface area is 81.6 Å². The van der Waals surface area contributed by atoms with Gasteiger partial charge in [-0.2, -0.15) is 11.3 Å². The molecule has 0 unspecified atom stereocenters. The van der Waals surface area contributed by atoms with Crippen molar-refractivity contribution < 1.29 is 9.90 Å². The molecule has 1 aromatic rings. The SMILES string of the molecule is Cc1cscc1C(=O)N(C)CCO. The minimum absolute atomic E-state index is 0.00538. The van der Waals surface area contributed by atoms with Gasteiger partial charge in [0.25, 0.3) is 5.91 Å². The van der Waals surface area contributed by atoms with Crippen molar-refractivity contribution in [2.24, 2.45) is 0 Å². The molecule has 0 radical (unpaired) electrons. The van der Waals surface area contributed by atoms with Gasteiger partial charge in [0, 0.05) is 19.0 Å². The van der Waals surface area contributed by atoms with E-state index in [0.717, 1.165) is 11.1 Å². The molecule has 1 heterocycles.